The minimum atomic E-state index is 0.710. The van der Waals surface area contributed by atoms with Crippen LogP contribution in [0.1, 0.15) is 19.5 Å². The molecule has 1 N–H and O–H groups in total. The predicted molar refractivity (Wildman–Crippen MR) is 47.7 cm³/mol. The van der Waals surface area contributed by atoms with Crippen LogP contribution < -0.4 is 0 Å². The number of aromatic nitrogens is 3. The van der Waals surface area contributed by atoms with Gasteiger partial charge in [-0.1, -0.05) is 13.8 Å². The molecule has 0 saturated heterocycles. The minimum Gasteiger partial charge on any atom is -0.198 e. The predicted octanol–water partition coefficient (Wildman–Crippen LogP) is 1.49. The van der Waals surface area contributed by atoms with Gasteiger partial charge in [0.1, 0.15) is 0 Å². The summed E-state index contributed by atoms with van der Waals surface area (Å²) in [5, 5.41) is 11.0. The number of aromatic amines is 1. The Morgan fingerprint density at radius 3 is 3.00 bits per heavy atom. The Morgan fingerprint density at radius 1 is 1.64 bits per heavy atom. The monoisotopic (exact) mass is 171 g/mol. The van der Waals surface area contributed by atoms with Crippen LogP contribution in [0.3, 0.4) is 0 Å². The number of aryl methyl sites for hydroxylation is 1. The topological polar surface area (TPSA) is 41.6 Å². The zero-order valence-electron chi connectivity index (χ0n) is 6.87. The summed E-state index contributed by atoms with van der Waals surface area (Å²) < 4.78 is 0. The van der Waals surface area contributed by atoms with Crippen molar-refractivity contribution in [2.24, 2.45) is 0 Å². The molecule has 0 atom stereocenters. The molecule has 0 bridgehead atoms. The second-order valence-electron chi connectivity index (χ2n) is 2.63. The number of nitrogens with zero attached hydrogens (tertiary/aromatic N) is 2. The normalized spacial score (nSPS) is 10.8. The van der Waals surface area contributed by atoms with Crippen LogP contribution in [-0.4, -0.2) is 26.4 Å². The molecule has 0 aliphatic heterocycles. The summed E-state index contributed by atoms with van der Waals surface area (Å²) in [5.74, 6) is 1.13. The molecule has 3 nitrogen and oxygen atoms in total. The first-order valence-electron chi connectivity index (χ1n) is 3.75. The van der Waals surface area contributed by atoms with E-state index >= 15 is 0 Å². The second-order valence-corrected chi connectivity index (χ2v) is 4.32. The number of nitrogens with one attached hydrogen (secondary N) is 1. The van der Waals surface area contributed by atoms with Crippen LogP contribution in [0.2, 0.25) is 0 Å². The number of rotatable bonds is 4. The van der Waals surface area contributed by atoms with Gasteiger partial charge >= 0.3 is 0 Å². The van der Waals surface area contributed by atoms with Crippen LogP contribution >= 0.6 is 11.8 Å². The molecule has 0 aromatic carbocycles. The third-order valence-electron chi connectivity index (χ3n) is 1.27. The molecule has 1 rings (SSSR count). The largest absolute Gasteiger partial charge is 0.198 e. The van der Waals surface area contributed by atoms with Gasteiger partial charge in [0, 0.05) is 6.42 Å². The molecule has 0 radical (unpaired) electrons. The fourth-order valence-electron chi connectivity index (χ4n) is 0.745. The number of thioether (sulfide) groups is 1. The molecule has 1 aromatic rings. The van der Waals surface area contributed by atoms with Crippen molar-refractivity contribution < 1.29 is 0 Å². The summed E-state index contributed by atoms with van der Waals surface area (Å²) in [6.45, 7) is 4.40. The lowest BCUT2D eigenvalue weighted by atomic mass is 10.4. The van der Waals surface area contributed by atoms with Crippen LogP contribution in [-0.2, 0) is 6.42 Å². The maximum absolute atomic E-state index is 3.96. The van der Waals surface area contributed by atoms with Crippen molar-refractivity contribution in [2.45, 2.75) is 25.5 Å². The van der Waals surface area contributed by atoms with E-state index in [1.807, 2.05) is 11.8 Å². The Labute approximate surface area is 71.0 Å². The Bertz CT molecular complexity index is 184. The first kappa shape index (κ1) is 8.59. The summed E-state index contributed by atoms with van der Waals surface area (Å²) in [4.78, 5) is 0. The summed E-state index contributed by atoms with van der Waals surface area (Å²) in [6, 6.07) is 0. The summed E-state index contributed by atoms with van der Waals surface area (Å²) in [7, 11) is 0. The maximum Gasteiger partial charge on any atom is 0.0832 e. The molecule has 0 aliphatic carbocycles. The van der Waals surface area contributed by atoms with Gasteiger partial charge in [0.2, 0.25) is 0 Å². The van der Waals surface area contributed by atoms with E-state index in [1.54, 1.807) is 6.20 Å². The van der Waals surface area contributed by atoms with Crippen molar-refractivity contribution in [1.29, 1.82) is 0 Å². The zero-order chi connectivity index (χ0) is 8.10. The minimum absolute atomic E-state index is 0.710. The first-order valence-corrected chi connectivity index (χ1v) is 4.80. The lowest BCUT2D eigenvalue weighted by molar-refractivity contribution is 0.909. The Hall–Kier alpha value is -0.510. The smallest absolute Gasteiger partial charge is 0.0832 e. The molecule has 0 spiro atoms. The first-order chi connectivity index (χ1) is 5.29. The zero-order valence-corrected chi connectivity index (χ0v) is 7.69. The van der Waals surface area contributed by atoms with Crippen molar-refractivity contribution in [3.63, 3.8) is 0 Å². The molecular formula is C7H13N3S. The fourth-order valence-corrected chi connectivity index (χ4v) is 1.54. The molecular weight excluding hydrogens is 158 g/mol. The van der Waals surface area contributed by atoms with E-state index in [2.05, 4.69) is 29.3 Å². The van der Waals surface area contributed by atoms with Crippen LogP contribution in [0.5, 0.6) is 0 Å². The summed E-state index contributed by atoms with van der Waals surface area (Å²) >= 11 is 1.95. The lowest BCUT2D eigenvalue weighted by Crippen LogP contribution is -1.94. The van der Waals surface area contributed by atoms with Crippen LogP contribution in [0.15, 0.2) is 6.20 Å². The molecule has 62 valence electrons. The van der Waals surface area contributed by atoms with Gasteiger partial charge in [0.15, 0.2) is 0 Å². The average molecular weight is 171 g/mol. The summed E-state index contributed by atoms with van der Waals surface area (Å²) in [6.07, 6.45) is 2.79. The standard InChI is InChI=1S/C7H13N3S/c1-6(2)11-4-3-7-5-8-10-9-7/h5-6H,3-4H2,1-2H3,(H,8,9,10). The molecule has 0 unspecified atom stereocenters. The third kappa shape index (κ3) is 3.41. The Kier molecular flexibility index (Phi) is 3.42. The second kappa shape index (κ2) is 4.38. The molecule has 0 amide bonds. The molecule has 0 aliphatic rings. The highest BCUT2D eigenvalue weighted by Gasteiger charge is 1.97. The van der Waals surface area contributed by atoms with Gasteiger partial charge in [-0.3, -0.25) is 0 Å². The van der Waals surface area contributed by atoms with E-state index in [9.17, 15) is 0 Å². The van der Waals surface area contributed by atoms with Crippen molar-refractivity contribution in [3.8, 4) is 0 Å². The lowest BCUT2D eigenvalue weighted by Gasteiger charge is -2.01. The molecule has 0 saturated carbocycles. The van der Waals surface area contributed by atoms with Gasteiger partial charge in [-0.2, -0.15) is 27.2 Å². The average Bonchev–Trinajstić information content (AvgIpc) is 2.39. The van der Waals surface area contributed by atoms with Crippen LogP contribution in [0.25, 0.3) is 0 Å². The molecule has 11 heavy (non-hydrogen) atoms. The molecule has 4 heteroatoms. The van der Waals surface area contributed by atoms with E-state index < -0.39 is 0 Å². The molecule has 1 aromatic heterocycles. The maximum atomic E-state index is 3.96. The Morgan fingerprint density at radius 2 is 2.45 bits per heavy atom. The van der Waals surface area contributed by atoms with Gasteiger partial charge in [-0.05, 0) is 11.0 Å². The Balaban J connectivity index is 2.14. The van der Waals surface area contributed by atoms with Crippen molar-refractivity contribution >= 4 is 11.8 Å². The third-order valence-corrected chi connectivity index (χ3v) is 2.38. The summed E-state index contributed by atoms with van der Waals surface area (Å²) in [5.41, 5.74) is 1.05. The van der Waals surface area contributed by atoms with Crippen molar-refractivity contribution in [1.82, 2.24) is 15.4 Å². The number of hydrogen-bond acceptors (Lipinski definition) is 3. The van der Waals surface area contributed by atoms with Gasteiger partial charge in [-0.25, -0.2) is 0 Å². The number of H-pyrrole nitrogens is 1. The molecule has 0 fully saturated rings. The van der Waals surface area contributed by atoms with E-state index in [0.29, 0.717) is 5.25 Å². The highest BCUT2D eigenvalue weighted by molar-refractivity contribution is 7.99. The molecule has 1 heterocycles. The van der Waals surface area contributed by atoms with Gasteiger partial charge in [-0.15, -0.1) is 0 Å². The quantitative estimate of drug-likeness (QED) is 0.746. The fraction of sp³-hybridized carbons (Fsp3) is 0.714. The van der Waals surface area contributed by atoms with Crippen molar-refractivity contribution in [2.75, 3.05) is 5.75 Å². The number of hydrogen-bond donors (Lipinski definition) is 1. The van der Waals surface area contributed by atoms with Gasteiger partial charge in [0.05, 0.1) is 11.9 Å². The van der Waals surface area contributed by atoms with E-state index in [4.69, 9.17) is 0 Å². The van der Waals surface area contributed by atoms with Crippen LogP contribution in [0, 0.1) is 0 Å². The SMILES string of the molecule is CC(C)SCCc1cn[nH]n1. The van der Waals surface area contributed by atoms with E-state index in [-0.39, 0.29) is 0 Å². The van der Waals surface area contributed by atoms with Crippen molar-refractivity contribution in [3.05, 3.63) is 11.9 Å². The van der Waals surface area contributed by atoms with E-state index in [1.165, 1.54) is 0 Å². The van der Waals surface area contributed by atoms with Crippen LogP contribution in [0.4, 0.5) is 0 Å². The highest BCUT2D eigenvalue weighted by Crippen LogP contribution is 2.10. The van der Waals surface area contributed by atoms with Gasteiger partial charge < -0.3 is 0 Å². The van der Waals surface area contributed by atoms with Gasteiger partial charge in [0.25, 0.3) is 0 Å². The van der Waals surface area contributed by atoms with E-state index in [0.717, 1.165) is 17.9 Å². The highest BCUT2D eigenvalue weighted by atomic mass is 32.2.